The molecule has 1 N–H and O–H groups in total. The Hall–Kier alpha value is -1.54. The molecule has 0 saturated heterocycles. The predicted molar refractivity (Wildman–Crippen MR) is 77.1 cm³/mol. The van der Waals surface area contributed by atoms with Gasteiger partial charge in [-0.3, -0.25) is 0 Å². The van der Waals surface area contributed by atoms with E-state index >= 15 is 0 Å². The van der Waals surface area contributed by atoms with Crippen molar-refractivity contribution in [3.63, 3.8) is 0 Å². The Balaban J connectivity index is 3.27. The fourth-order valence-corrected chi connectivity index (χ4v) is 1.85. The fraction of sp³-hybridized carbons (Fsp3) is 0.375. The summed E-state index contributed by atoms with van der Waals surface area (Å²) < 4.78 is 5.34. The molecule has 1 aromatic rings. The first-order chi connectivity index (χ1) is 8.32. The zero-order chi connectivity index (χ0) is 13.9. The molecule has 1 aromatic carbocycles. The standard InChI is InChI=1S/C16H22O2/c1-7-16(5,17)9-8-14-11(2)10-15(18-6)13(4)12(14)3/h7-10,17H,1H2,2-6H3/b9-8+/t16-/m0/s1. The minimum absolute atomic E-state index is 0.901. The maximum atomic E-state index is 9.91. The molecule has 0 spiro atoms. The summed E-state index contributed by atoms with van der Waals surface area (Å²) in [6.07, 6.45) is 5.21. The van der Waals surface area contributed by atoms with Crippen LogP contribution in [0.3, 0.4) is 0 Å². The molecule has 2 heteroatoms. The molecule has 1 atom stereocenters. The van der Waals surface area contributed by atoms with Crippen molar-refractivity contribution in [1.82, 2.24) is 0 Å². The summed E-state index contributed by atoms with van der Waals surface area (Å²) in [4.78, 5) is 0. The van der Waals surface area contributed by atoms with E-state index < -0.39 is 5.60 Å². The molecule has 0 radical (unpaired) electrons. The predicted octanol–water partition coefficient (Wildman–Crippen LogP) is 3.57. The normalized spacial score (nSPS) is 14.6. The average molecular weight is 246 g/mol. The quantitative estimate of drug-likeness (QED) is 0.823. The highest BCUT2D eigenvalue weighted by Gasteiger charge is 2.12. The van der Waals surface area contributed by atoms with Crippen LogP contribution >= 0.6 is 0 Å². The molecule has 0 heterocycles. The molecule has 0 aliphatic carbocycles. The topological polar surface area (TPSA) is 29.5 Å². The summed E-state index contributed by atoms with van der Waals surface area (Å²) >= 11 is 0. The van der Waals surface area contributed by atoms with Crippen LogP contribution in [-0.4, -0.2) is 17.8 Å². The summed E-state index contributed by atoms with van der Waals surface area (Å²) in [6.45, 7) is 11.5. The zero-order valence-electron chi connectivity index (χ0n) is 11.9. The number of rotatable bonds is 4. The average Bonchev–Trinajstić information content (AvgIpc) is 2.33. The van der Waals surface area contributed by atoms with Crippen molar-refractivity contribution in [2.24, 2.45) is 0 Å². The minimum Gasteiger partial charge on any atom is -0.496 e. The van der Waals surface area contributed by atoms with Gasteiger partial charge in [0.2, 0.25) is 0 Å². The van der Waals surface area contributed by atoms with Crippen molar-refractivity contribution < 1.29 is 9.84 Å². The third-order valence-electron chi connectivity index (χ3n) is 3.33. The van der Waals surface area contributed by atoms with Gasteiger partial charge in [0.15, 0.2) is 0 Å². The molecule has 18 heavy (non-hydrogen) atoms. The Kier molecular flexibility index (Phi) is 4.36. The van der Waals surface area contributed by atoms with Crippen molar-refractivity contribution in [3.05, 3.63) is 47.1 Å². The number of aryl methyl sites for hydroxylation is 1. The molecule has 98 valence electrons. The molecular weight excluding hydrogens is 224 g/mol. The van der Waals surface area contributed by atoms with Crippen molar-refractivity contribution in [2.45, 2.75) is 33.3 Å². The first-order valence-corrected chi connectivity index (χ1v) is 6.02. The van der Waals surface area contributed by atoms with Crippen LogP contribution in [0.1, 0.15) is 29.2 Å². The summed E-state index contributed by atoms with van der Waals surface area (Å²) in [5, 5.41) is 9.91. The van der Waals surface area contributed by atoms with Gasteiger partial charge in [0.1, 0.15) is 5.75 Å². The lowest BCUT2D eigenvalue weighted by molar-refractivity contribution is 0.165. The Labute approximate surface area is 110 Å². The number of benzene rings is 1. The van der Waals surface area contributed by atoms with Gasteiger partial charge in [-0.25, -0.2) is 0 Å². The molecule has 0 amide bonds. The van der Waals surface area contributed by atoms with E-state index in [1.54, 1.807) is 20.1 Å². The molecule has 0 aromatic heterocycles. The SMILES string of the molecule is C=C[C@](C)(O)/C=C/c1c(C)cc(OC)c(C)c1C. The van der Waals surface area contributed by atoms with E-state index in [0.29, 0.717) is 0 Å². The molecule has 1 rings (SSSR count). The van der Waals surface area contributed by atoms with Crippen molar-refractivity contribution in [2.75, 3.05) is 7.11 Å². The second-order valence-corrected chi connectivity index (χ2v) is 4.82. The van der Waals surface area contributed by atoms with Crippen molar-refractivity contribution in [3.8, 4) is 5.75 Å². The van der Waals surface area contributed by atoms with E-state index in [2.05, 4.69) is 13.5 Å². The maximum Gasteiger partial charge on any atom is 0.122 e. The molecule has 0 unspecified atom stereocenters. The maximum absolute atomic E-state index is 9.91. The van der Waals surface area contributed by atoms with Gasteiger partial charge in [-0.1, -0.05) is 18.7 Å². The highest BCUT2D eigenvalue weighted by atomic mass is 16.5. The zero-order valence-corrected chi connectivity index (χ0v) is 11.9. The second kappa shape index (κ2) is 5.40. The van der Waals surface area contributed by atoms with E-state index in [1.807, 2.05) is 26.0 Å². The van der Waals surface area contributed by atoms with Gasteiger partial charge < -0.3 is 9.84 Å². The van der Waals surface area contributed by atoms with E-state index in [1.165, 1.54) is 11.6 Å². The lowest BCUT2D eigenvalue weighted by Gasteiger charge is -2.16. The van der Waals surface area contributed by atoms with Gasteiger partial charge in [-0.15, -0.1) is 0 Å². The molecule has 2 nitrogen and oxygen atoms in total. The monoisotopic (exact) mass is 246 g/mol. The minimum atomic E-state index is -0.979. The summed E-state index contributed by atoms with van der Waals surface area (Å²) in [5.41, 5.74) is 3.57. The van der Waals surface area contributed by atoms with Crippen LogP contribution in [0.15, 0.2) is 24.8 Å². The number of hydrogen-bond donors (Lipinski definition) is 1. The van der Waals surface area contributed by atoms with E-state index in [4.69, 9.17) is 4.74 Å². The number of methoxy groups -OCH3 is 1. The van der Waals surface area contributed by atoms with Gasteiger partial charge in [0, 0.05) is 0 Å². The molecule has 0 aliphatic rings. The summed E-state index contributed by atoms with van der Waals surface area (Å²) in [6, 6.07) is 2.02. The van der Waals surface area contributed by atoms with E-state index in [9.17, 15) is 5.11 Å². The van der Waals surface area contributed by atoms with Crippen LogP contribution in [0.4, 0.5) is 0 Å². The number of hydrogen-bond acceptors (Lipinski definition) is 2. The Morgan fingerprint density at radius 3 is 2.39 bits per heavy atom. The van der Waals surface area contributed by atoms with Gasteiger partial charge in [-0.2, -0.15) is 0 Å². The highest BCUT2D eigenvalue weighted by Crippen LogP contribution is 2.28. The lowest BCUT2D eigenvalue weighted by Crippen LogP contribution is -2.15. The lowest BCUT2D eigenvalue weighted by atomic mass is 9.95. The van der Waals surface area contributed by atoms with Crippen LogP contribution < -0.4 is 4.74 Å². The van der Waals surface area contributed by atoms with E-state index in [0.717, 1.165) is 22.4 Å². The van der Waals surface area contributed by atoms with Crippen LogP contribution in [0, 0.1) is 20.8 Å². The van der Waals surface area contributed by atoms with Crippen LogP contribution in [0.25, 0.3) is 6.08 Å². The van der Waals surface area contributed by atoms with Gasteiger partial charge in [0.05, 0.1) is 12.7 Å². The number of aliphatic hydroxyl groups is 1. The summed E-state index contributed by atoms with van der Waals surface area (Å²) in [7, 11) is 1.68. The Bertz CT molecular complexity index is 482. The first kappa shape index (κ1) is 14.5. The fourth-order valence-electron chi connectivity index (χ4n) is 1.85. The Morgan fingerprint density at radius 1 is 1.28 bits per heavy atom. The second-order valence-electron chi connectivity index (χ2n) is 4.82. The van der Waals surface area contributed by atoms with Gasteiger partial charge in [0.25, 0.3) is 0 Å². The third-order valence-corrected chi connectivity index (χ3v) is 3.33. The number of ether oxygens (including phenoxy) is 1. The summed E-state index contributed by atoms with van der Waals surface area (Å²) in [5.74, 6) is 0.901. The van der Waals surface area contributed by atoms with Crippen LogP contribution in [-0.2, 0) is 0 Å². The molecule has 0 fully saturated rings. The Morgan fingerprint density at radius 2 is 1.89 bits per heavy atom. The van der Waals surface area contributed by atoms with E-state index in [-0.39, 0.29) is 0 Å². The third kappa shape index (κ3) is 3.02. The van der Waals surface area contributed by atoms with Crippen LogP contribution in [0.5, 0.6) is 5.75 Å². The molecule has 0 bridgehead atoms. The van der Waals surface area contributed by atoms with Gasteiger partial charge in [-0.05, 0) is 62.1 Å². The van der Waals surface area contributed by atoms with Crippen molar-refractivity contribution in [1.29, 1.82) is 0 Å². The molecule has 0 aliphatic heterocycles. The highest BCUT2D eigenvalue weighted by molar-refractivity contribution is 5.63. The molecule has 0 saturated carbocycles. The van der Waals surface area contributed by atoms with Gasteiger partial charge >= 0.3 is 0 Å². The first-order valence-electron chi connectivity index (χ1n) is 6.02. The largest absolute Gasteiger partial charge is 0.496 e. The van der Waals surface area contributed by atoms with Crippen molar-refractivity contribution >= 4 is 6.08 Å². The smallest absolute Gasteiger partial charge is 0.122 e. The molecular formula is C16H22O2. The van der Waals surface area contributed by atoms with Crippen LogP contribution in [0.2, 0.25) is 0 Å².